The Morgan fingerprint density at radius 2 is 1.50 bits per heavy atom. The summed E-state index contributed by atoms with van der Waals surface area (Å²) in [7, 11) is 7.44. The lowest BCUT2D eigenvalue weighted by Gasteiger charge is -2.13. The molecule has 0 N–H and O–H groups in total. The maximum Gasteiger partial charge on any atom is 0.374 e. The summed E-state index contributed by atoms with van der Waals surface area (Å²) in [4.78, 5) is 27.9. The van der Waals surface area contributed by atoms with Gasteiger partial charge in [0, 0.05) is 18.1 Å². The Labute approximate surface area is 159 Å². The average molecular weight is 385 g/mol. The maximum absolute atomic E-state index is 12.2. The Morgan fingerprint density at radius 3 is 2.04 bits per heavy atom. The molecule has 1 aromatic rings. The van der Waals surface area contributed by atoms with Crippen molar-refractivity contribution < 1.29 is 23.8 Å². The molecular formula is C18H25ClN2O5. The summed E-state index contributed by atoms with van der Waals surface area (Å²) >= 11 is 5.83. The number of esters is 2. The van der Waals surface area contributed by atoms with Gasteiger partial charge < -0.3 is 24.0 Å². The first-order valence-corrected chi connectivity index (χ1v) is 8.44. The number of rotatable bonds is 10. The molecule has 0 aromatic heterocycles. The zero-order valence-electron chi connectivity index (χ0n) is 15.5. The van der Waals surface area contributed by atoms with Crippen LogP contribution in [0.15, 0.2) is 36.1 Å². The van der Waals surface area contributed by atoms with Crippen LogP contribution in [0.25, 0.3) is 0 Å². The molecular weight excluding hydrogens is 360 g/mol. The summed E-state index contributed by atoms with van der Waals surface area (Å²) in [6.07, 6.45) is 0.988. The van der Waals surface area contributed by atoms with Gasteiger partial charge in [0.1, 0.15) is 19.0 Å². The fourth-order valence-corrected chi connectivity index (χ4v) is 1.76. The Balaban J connectivity index is 2.78. The zero-order valence-corrected chi connectivity index (χ0v) is 16.3. The normalized spacial score (nSPS) is 11.6. The minimum atomic E-state index is -0.744. The first-order chi connectivity index (χ1) is 12.3. The predicted molar refractivity (Wildman–Crippen MR) is 99.2 cm³/mol. The van der Waals surface area contributed by atoms with Crippen molar-refractivity contribution in [2.24, 2.45) is 0 Å². The topological polar surface area (TPSA) is 68.3 Å². The van der Waals surface area contributed by atoms with E-state index in [4.69, 9.17) is 25.8 Å². The van der Waals surface area contributed by atoms with Crippen molar-refractivity contribution in [2.45, 2.75) is 0 Å². The molecule has 0 saturated heterocycles. The number of benzene rings is 1. The molecule has 144 valence electrons. The fourth-order valence-electron chi connectivity index (χ4n) is 1.63. The van der Waals surface area contributed by atoms with Gasteiger partial charge >= 0.3 is 11.9 Å². The fraction of sp³-hybridized carbons (Fsp3) is 0.444. The number of likely N-dealkylation sites (N-methyl/N-ethyl adjacent to an activating group) is 2. The molecule has 1 aromatic carbocycles. The van der Waals surface area contributed by atoms with Gasteiger partial charge in [-0.05, 0) is 52.5 Å². The molecule has 26 heavy (non-hydrogen) atoms. The van der Waals surface area contributed by atoms with Crippen LogP contribution in [0.3, 0.4) is 0 Å². The molecule has 0 unspecified atom stereocenters. The molecule has 7 nitrogen and oxygen atoms in total. The SMILES string of the molecule is CN(C)CCOC(=O)/C=C(/Oc1ccc(Cl)cc1)C(=O)OCCN(C)C. The Bertz CT molecular complexity index is 615. The van der Waals surface area contributed by atoms with Crippen LogP contribution in [0.4, 0.5) is 0 Å². The molecule has 0 aliphatic carbocycles. The molecule has 0 spiro atoms. The van der Waals surface area contributed by atoms with Gasteiger partial charge in [-0.3, -0.25) is 0 Å². The van der Waals surface area contributed by atoms with Crippen LogP contribution < -0.4 is 4.74 Å². The largest absolute Gasteiger partial charge is 0.461 e. The second-order valence-corrected chi connectivity index (χ2v) is 6.41. The third-order valence-electron chi connectivity index (χ3n) is 3.05. The van der Waals surface area contributed by atoms with E-state index in [1.807, 2.05) is 38.0 Å². The van der Waals surface area contributed by atoms with Crippen LogP contribution in [-0.2, 0) is 19.1 Å². The summed E-state index contributed by atoms with van der Waals surface area (Å²) in [6.45, 7) is 1.49. The number of carbonyl (C=O) groups excluding carboxylic acids is 2. The van der Waals surface area contributed by atoms with Crippen molar-refractivity contribution in [3.8, 4) is 5.75 Å². The van der Waals surface area contributed by atoms with E-state index in [-0.39, 0.29) is 19.0 Å². The number of nitrogens with zero attached hydrogens (tertiary/aromatic N) is 2. The van der Waals surface area contributed by atoms with E-state index in [9.17, 15) is 9.59 Å². The molecule has 0 heterocycles. The van der Waals surface area contributed by atoms with Crippen molar-refractivity contribution >= 4 is 23.5 Å². The highest BCUT2D eigenvalue weighted by molar-refractivity contribution is 6.30. The van der Waals surface area contributed by atoms with Gasteiger partial charge in [-0.2, -0.15) is 0 Å². The van der Waals surface area contributed by atoms with Crippen LogP contribution >= 0.6 is 11.6 Å². The molecule has 0 radical (unpaired) electrons. The van der Waals surface area contributed by atoms with Gasteiger partial charge in [0.05, 0.1) is 6.08 Å². The van der Waals surface area contributed by atoms with Crippen molar-refractivity contribution in [3.63, 3.8) is 0 Å². The number of halogens is 1. The standard InChI is InChI=1S/C18H25ClN2O5/c1-20(2)9-11-24-17(22)13-16(18(23)25-12-10-21(3)4)26-15-7-5-14(19)6-8-15/h5-8,13H,9-12H2,1-4H3/b16-13+. The minimum Gasteiger partial charge on any atom is -0.461 e. The lowest BCUT2D eigenvalue weighted by molar-refractivity contribution is -0.143. The Kier molecular flexibility index (Phi) is 9.72. The van der Waals surface area contributed by atoms with E-state index >= 15 is 0 Å². The van der Waals surface area contributed by atoms with Crippen LogP contribution in [0.1, 0.15) is 0 Å². The van der Waals surface area contributed by atoms with E-state index in [1.165, 1.54) is 0 Å². The Hall–Kier alpha value is -2.09. The molecule has 0 saturated carbocycles. The summed E-state index contributed by atoms with van der Waals surface area (Å²) < 4.78 is 15.7. The number of hydrogen-bond donors (Lipinski definition) is 0. The van der Waals surface area contributed by atoms with Crippen LogP contribution in [0.5, 0.6) is 5.75 Å². The lowest BCUT2D eigenvalue weighted by atomic mass is 10.3. The summed E-state index contributed by atoms with van der Waals surface area (Å²) in [6, 6.07) is 6.39. The summed E-state index contributed by atoms with van der Waals surface area (Å²) in [5, 5.41) is 0.527. The molecule has 0 aliphatic heterocycles. The number of carbonyl (C=O) groups is 2. The van der Waals surface area contributed by atoms with Gasteiger partial charge in [0.25, 0.3) is 0 Å². The van der Waals surface area contributed by atoms with Crippen molar-refractivity contribution in [2.75, 3.05) is 54.5 Å². The van der Waals surface area contributed by atoms with Crippen molar-refractivity contribution in [1.29, 1.82) is 0 Å². The monoisotopic (exact) mass is 384 g/mol. The van der Waals surface area contributed by atoms with Crippen LogP contribution in [-0.4, -0.2) is 76.2 Å². The second kappa shape index (κ2) is 11.5. The highest BCUT2D eigenvalue weighted by Gasteiger charge is 2.17. The van der Waals surface area contributed by atoms with E-state index < -0.39 is 11.9 Å². The zero-order chi connectivity index (χ0) is 19.5. The van der Waals surface area contributed by atoms with Crippen molar-refractivity contribution in [1.82, 2.24) is 9.80 Å². The third kappa shape index (κ3) is 9.41. The lowest BCUT2D eigenvalue weighted by Crippen LogP contribution is -2.23. The first kappa shape index (κ1) is 22.0. The molecule has 0 fully saturated rings. The van der Waals surface area contributed by atoms with Gasteiger partial charge in [0.15, 0.2) is 0 Å². The van der Waals surface area contributed by atoms with E-state index in [1.54, 1.807) is 24.3 Å². The average Bonchev–Trinajstić information content (AvgIpc) is 2.55. The van der Waals surface area contributed by atoms with Gasteiger partial charge in [-0.25, -0.2) is 9.59 Å². The second-order valence-electron chi connectivity index (χ2n) is 5.97. The van der Waals surface area contributed by atoms with E-state index in [2.05, 4.69) is 0 Å². The van der Waals surface area contributed by atoms with Gasteiger partial charge in [0.2, 0.25) is 5.76 Å². The third-order valence-corrected chi connectivity index (χ3v) is 3.30. The highest BCUT2D eigenvalue weighted by atomic mass is 35.5. The van der Waals surface area contributed by atoms with Gasteiger partial charge in [-0.1, -0.05) is 11.6 Å². The summed E-state index contributed by atoms with van der Waals surface area (Å²) in [5.41, 5.74) is 0. The van der Waals surface area contributed by atoms with Crippen LogP contribution in [0, 0.1) is 0 Å². The first-order valence-electron chi connectivity index (χ1n) is 8.06. The quantitative estimate of drug-likeness (QED) is 0.346. The smallest absolute Gasteiger partial charge is 0.374 e. The molecule has 0 atom stereocenters. The van der Waals surface area contributed by atoms with E-state index in [0.29, 0.717) is 23.9 Å². The Morgan fingerprint density at radius 1 is 0.962 bits per heavy atom. The van der Waals surface area contributed by atoms with Crippen molar-refractivity contribution in [3.05, 3.63) is 41.1 Å². The maximum atomic E-state index is 12.2. The minimum absolute atomic E-state index is 0.169. The number of ether oxygens (including phenoxy) is 3. The molecule has 1 rings (SSSR count). The molecule has 0 aliphatic rings. The predicted octanol–water partition coefficient (Wildman–Crippen LogP) is 1.81. The van der Waals surface area contributed by atoms with E-state index in [0.717, 1.165) is 6.08 Å². The highest BCUT2D eigenvalue weighted by Crippen LogP contribution is 2.18. The molecule has 0 bridgehead atoms. The summed E-state index contributed by atoms with van der Waals surface area (Å²) in [5.74, 6) is -1.32. The number of hydrogen-bond acceptors (Lipinski definition) is 7. The molecule has 8 heteroatoms. The van der Waals surface area contributed by atoms with Crippen LogP contribution in [0.2, 0.25) is 5.02 Å². The molecule has 0 amide bonds. The van der Waals surface area contributed by atoms with Gasteiger partial charge in [-0.15, -0.1) is 0 Å².